The SMILES string of the molecule is c1ccc(-c2ccc(-c3nc(-c4ccc5c(c4)oc4c6ccccc6c(-c6ccccc6)cc54)nc4c3sc3ccccc34)cc2)cc1. The Morgan fingerprint density at radius 1 is 0.438 bits per heavy atom. The summed E-state index contributed by atoms with van der Waals surface area (Å²) in [5.74, 6) is 0.686. The van der Waals surface area contributed by atoms with E-state index in [4.69, 9.17) is 14.4 Å². The van der Waals surface area contributed by atoms with Crippen molar-refractivity contribution in [3.05, 3.63) is 158 Å². The summed E-state index contributed by atoms with van der Waals surface area (Å²) in [6, 6.07) is 55.4. The van der Waals surface area contributed by atoms with Crippen LogP contribution in [0.1, 0.15) is 0 Å². The molecule has 0 fully saturated rings. The number of aromatic nitrogens is 2. The zero-order chi connectivity index (χ0) is 31.6. The quantitative estimate of drug-likeness (QED) is 0.194. The van der Waals surface area contributed by atoms with Crippen molar-refractivity contribution in [1.29, 1.82) is 0 Å². The molecule has 7 aromatic carbocycles. The van der Waals surface area contributed by atoms with Crippen molar-refractivity contribution in [2.75, 3.05) is 0 Å². The van der Waals surface area contributed by atoms with Gasteiger partial charge in [-0.2, -0.15) is 0 Å². The minimum atomic E-state index is 0.686. The van der Waals surface area contributed by atoms with Crippen LogP contribution < -0.4 is 0 Å². The van der Waals surface area contributed by atoms with Gasteiger partial charge in [0.2, 0.25) is 0 Å². The minimum absolute atomic E-state index is 0.686. The molecule has 10 rings (SSSR count). The zero-order valence-electron chi connectivity index (χ0n) is 25.7. The van der Waals surface area contributed by atoms with Crippen molar-refractivity contribution < 1.29 is 4.42 Å². The van der Waals surface area contributed by atoms with Gasteiger partial charge in [-0.15, -0.1) is 11.3 Å². The van der Waals surface area contributed by atoms with Crippen molar-refractivity contribution in [2.45, 2.75) is 0 Å². The molecule has 0 radical (unpaired) electrons. The molecule has 48 heavy (non-hydrogen) atoms. The van der Waals surface area contributed by atoms with Crippen LogP contribution in [-0.2, 0) is 0 Å². The molecule has 224 valence electrons. The second-order valence-electron chi connectivity index (χ2n) is 12.1. The molecule has 0 bridgehead atoms. The van der Waals surface area contributed by atoms with Crippen LogP contribution in [0.2, 0.25) is 0 Å². The normalized spacial score (nSPS) is 11.8. The van der Waals surface area contributed by atoms with Crippen molar-refractivity contribution in [3.8, 4) is 44.9 Å². The lowest BCUT2D eigenvalue weighted by Crippen LogP contribution is -1.93. The monoisotopic (exact) mass is 630 g/mol. The van der Waals surface area contributed by atoms with Crippen LogP contribution >= 0.6 is 11.3 Å². The highest BCUT2D eigenvalue weighted by atomic mass is 32.1. The molecule has 0 aliphatic rings. The third-order valence-electron chi connectivity index (χ3n) is 9.31. The van der Waals surface area contributed by atoms with Crippen molar-refractivity contribution >= 4 is 64.4 Å². The first-order valence-corrected chi connectivity index (χ1v) is 16.9. The summed E-state index contributed by atoms with van der Waals surface area (Å²) in [7, 11) is 0. The zero-order valence-corrected chi connectivity index (χ0v) is 26.5. The van der Waals surface area contributed by atoms with Crippen LogP contribution in [0.4, 0.5) is 0 Å². The molecule has 3 nitrogen and oxygen atoms in total. The maximum Gasteiger partial charge on any atom is 0.160 e. The standard InChI is InChI=1S/C44H26N2OS/c1-3-11-27(12-4-1)28-19-21-30(22-20-28)40-43-41(35-17-9-10-18-39(35)48-43)46-44(45-40)31-23-24-33-37-26-36(29-13-5-2-6-14-29)32-15-7-8-16-34(32)42(37)47-38(33)25-31/h1-26H. The first-order chi connectivity index (χ1) is 23.8. The fourth-order valence-electron chi connectivity index (χ4n) is 6.96. The van der Waals surface area contributed by atoms with Gasteiger partial charge in [-0.1, -0.05) is 133 Å². The van der Waals surface area contributed by atoms with Gasteiger partial charge in [-0.05, 0) is 51.9 Å². The van der Waals surface area contributed by atoms with Crippen LogP contribution in [0, 0.1) is 0 Å². The molecule has 3 aromatic heterocycles. The molecule has 0 unspecified atom stereocenters. The van der Waals surface area contributed by atoms with E-state index in [1.165, 1.54) is 32.3 Å². The molecule has 0 N–H and O–H groups in total. The van der Waals surface area contributed by atoms with E-state index < -0.39 is 0 Å². The van der Waals surface area contributed by atoms with Crippen LogP contribution in [0.15, 0.2) is 162 Å². The highest BCUT2D eigenvalue weighted by Crippen LogP contribution is 2.42. The lowest BCUT2D eigenvalue weighted by molar-refractivity contribution is 0.673. The Morgan fingerprint density at radius 3 is 1.85 bits per heavy atom. The summed E-state index contributed by atoms with van der Waals surface area (Å²) in [5, 5.41) is 5.61. The molecule has 0 aliphatic heterocycles. The number of fused-ring (bicyclic) bond motifs is 8. The molecular weight excluding hydrogens is 605 g/mol. The molecule has 0 amide bonds. The Labute approximate surface area is 280 Å². The third kappa shape index (κ3) is 4.27. The average Bonchev–Trinajstić information content (AvgIpc) is 3.73. The predicted molar refractivity (Wildman–Crippen MR) is 201 cm³/mol. The van der Waals surface area contributed by atoms with Crippen molar-refractivity contribution in [1.82, 2.24) is 9.97 Å². The second-order valence-corrected chi connectivity index (χ2v) is 13.2. The Bertz CT molecular complexity index is 2820. The first-order valence-electron chi connectivity index (χ1n) is 16.1. The third-order valence-corrected chi connectivity index (χ3v) is 10.5. The maximum absolute atomic E-state index is 6.68. The Balaban J connectivity index is 1.17. The van der Waals surface area contributed by atoms with E-state index in [2.05, 4.69) is 152 Å². The molecule has 0 saturated heterocycles. The van der Waals surface area contributed by atoms with Crippen LogP contribution in [-0.4, -0.2) is 9.97 Å². The van der Waals surface area contributed by atoms with Gasteiger partial charge in [0.1, 0.15) is 11.2 Å². The number of hydrogen-bond acceptors (Lipinski definition) is 4. The maximum atomic E-state index is 6.68. The molecule has 0 spiro atoms. The smallest absolute Gasteiger partial charge is 0.160 e. The van der Waals surface area contributed by atoms with E-state index in [1.807, 2.05) is 6.07 Å². The van der Waals surface area contributed by atoms with Crippen LogP contribution in [0.25, 0.3) is 97.9 Å². The summed E-state index contributed by atoms with van der Waals surface area (Å²) >= 11 is 1.75. The summed E-state index contributed by atoms with van der Waals surface area (Å²) in [6.07, 6.45) is 0. The predicted octanol–water partition coefficient (Wildman–Crippen LogP) is 12.6. The number of thiophene rings is 1. The van der Waals surface area contributed by atoms with Gasteiger partial charge >= 0.3 is 0 Å². The van der Waals surface area contributed by atoms with Gasteiger partial charge < -0.3 is 4.42 Å². The van der Waals surface area contributed by atoms with E-state index in [1.54, 1.807) is 11.3 Å². The number of benzene rings is 7. The second kappa shape index (κ2) is 10.7. The fourth-order valence-corrected chi connectivity index (χ4v) is 8.11. The largest absolute Gasteiger partial charge is 0.455 e. The molecule has 10 aromatic rings. The Hall–Kier alpha value is -6.10. The molecule has 0 saturated carbocycles. The minimum Gasteiger partial charge on any atom is -0.455 e. The van der Waals surface area contributed by atoms with Gasteiger partial charge in [0.15, 0.2) is 5.82 Å². The topological polar surface area (TPSA) is 38.9 Å². The van der Waals surface area contributed by atoms with Crippen LogP contribution in [0.3, 0.4) is 0 Å². The van der Waals surface area contributed by atoms with E-state index >= 15 is 0 Å². The summed E-state index contributed by atoms with van der Waals surface area (Å²) in [5.41, 5.74) is 10.4. The van der Waals surface area contributed by atoms with Gasteiger partial charge in [-0.25, -0.2) is 9.97 Å². The molecule has 0 aliphatic carbocycles. The molecular formula is C44H26N2OS. The summed E-state index contributed by atoms with van der Waals surface area (Å²) < 4.78 is 8.98. The summed E-state index contributed by atoms with van der Waals surface area (Å²) in [6.45, 7) is 0. The lowest BCUT2D eigenvalue weighted by Gasteiger charge is -2.09. The van der Waals surface area contributed by atoms with Crippen molar-refractivity contribution in [2.24, 2.45) is 0 Å². The first kappa shape index (κ1) is 27.1. The van der Waals surface area contributed by atoms with E-state index in [-0.39, 0.29) is 0 Å². The number of furan rings is 1. The van der Waals surface area contributed by atoms with Crippen LogP contribution in [0.5, 0.6) is 0 Å². The average molecular weight is 631 g/mol. The van der Waals surface area contributed by atoms with E-state index in [0.29, 0.717) is 5.82 Å². The van der Waals surface area contributed by atoms with E-state index in [9.17, 15) is 0 Å². The number of rotatable bonds is 4. The molecule has 4 heteroatoms. The van der Waals surface area contributed by atoms with Gasteiger partial charge in [-0.3, -0.25) is 0 Å². The van der Waals surface area contributed by atoms with Gasteiger partial charge in [0, 0.05) is 37.4 Å². The molecule has 0 atom stereocenters. The highest BCUT2D eigenvalue weighted by Gasteiger charge is 2.19. The van der Waals surface area contributed by atoms with Crippen molar-refractivity contribution in [3.63, 3.8) is 0 Å². The molecule has 3 heterocycles. The fraction of sp³-hybridized carbons (Fsp3) is 0. The van der Waals surface area contributed by atoms with E-state index in [0.717, 1.165) is 59.7 Å². The lowest BCUT2D eigenvalue weighted by atomic mass is 9.95. The Kier molecular flexibility index (Phi) is 6.05. The summed E-state index contributed by atoms with van der Waals surface area (Å²) in [4.78, 5) is 10.5. The highest BCUT2D eigenvalue weighted by molar-refractivity contribution is 7.26. The Morgan fingerprint density at radius 2 is 1.06 bits per heavy atom. The van der Waals surface area contributed by atoms with Gasteiger partial charge in [0.05, 0.1) is 15.9 Å². The number of hydrogen-bond donors (Lipinski definition) is 0. The number of nitrogens with zero attached hydrogens (tertiary/aromatic N) is 2. The van der Waals surface area contributed by atoms with Gasteiger partial charge in [0.25, 0.3) is 0 Å².